The highest BCUT2D eigenvalue weighted by Crippen LogP contribution is 2.12. The number of hydrogen-bond donors (Lipinski definition) is 1. The minimum Gasteiger partial charge on any atom is -0.336 e. The number of nitrogens with zero attached hydrogens (tertiary/aromatic N) is 1. The smallest absolute Gasteiger partial charge is 0.258 e. The molecular formula is C12H12F2N2O. The number of rotatable bonds is 4. The van der Waals surface area contributed by atoms with Crippen molar-refractivity contribution in [3.8, 4) is 6.07 Å². The molecule has 3 nitrogen and oxygen atoms in total. The second-order valence-corrected chi connectivity index (χ2v) is 3.54. The van der Waals surface area contributed by atoms with Crippen LogP contribution >= 0.6 is 0 Å². The maximum absolute atomic E-state index is 13.3. The molecule has 0 aliphatic carbocycles. The summed E-state index contributed by atoms with van der Waals surface area (Å²) in [7, 11) is 0. The van der Waals surface area contributed by atoms with Crippen LogP contribution in [0.3, 0.4) is 0 Å². The lowest BCUT2D eigenvalue weighted by Gasteiger charge is -2.11. The van der Waals surface area contributed by atoms with Crippen LogP contribution in [0.1, 0.15) is 30.1 Å². The van der Waals surface area contributed by atoms with Crippen molar-refractivity contribution in [1.82, 2.24) is 5.32 Å². The van der Waals surface area contributed by atoms with E-state index < -0.39 is 29.1 Å². The first-order valence-electron chi connectivity index (χ1n) is 5.24. The average Bonchev–Trinajstić information content (AvgIpc) is 2.28. The first-order valence-corrected chi connectivity index (χ1v) is 5.24. The number of carbonyl (C=O) groups excluding carboxylic acids is 1. The van der Waals surface area contributed by atoms with Gasteiger partial charge in [0.05, 0.1) is 6.07 Å². The van der Waals surface area contributed by atoms with E-state index in [-0.39, 0.29) is 0 Å². The van der Waals surface area contributed by atoms with Crippen LogP contribution in [0.4, 0.5) is 8.78 Å². The Kier molecular flexibility index (Phi) is 4.58. The fourth-order valence-electron chi connectivity index (χ4n) is 1.40. The maximum Gasteiger partial charge on any atom is 0.258 e. The summed E-state index contributed by atoms with van der Waals surface area (Å²) in [5.74, 6) is -2.77. The first-order chi connectivity index (χ1) is 8.10. The molecule has 1 N–H and O–H groups in total. The molecule has 0 saturated heterocycles. The van der Waals surface area contributed by atoms with E-state index in [2.05, 4.69) is 5.32 Å². The molecule has 1 aromatic rings. The molecule has 0 heterocycles. The van der Waals surface area contributed by atoms with Gasteiger partial charge >= 0.3 is 0 Å². The standard InChI is InChI=1S/C12H12F2N2O/c1-2-4-8(7-15)16-12(17)11-9(13)5-3-6-10(11)14/h3,5-6,8H,2,4H2,1H3,(H,16,17). The Morgan fingerprint density at radius 2 is 2.06 bits per heavy atom. The molecule has 0 aromatic heterocycles. The van der Waals surface area contributed by atoms with E-state index in [9.17, 15) is 13.6 Å². The molecule has 1 rings (SSSR count). The Labute approximate surface area is 98.1 Å². The van der Waals surface area contributed by atoms with Gasteiger partial charge in [-0.15, -0.1) is 0 Å². The highest BCUT2D eigenvalue weighted by Gasteiger charge is 2.19. The molecule has 90 valence electrons. The Morgan fingerprint density at radius 1 is 1.47 bits per heavy atom. The molecule has 0 aliphatic heterocycles. The summed E-state index contributed by atoms with van der Waals surface area (Å²) in [5.41, 5.74) is -0.649. The summed E-state index contributed by atoms with van der Waals surface area (Å²) < 4.78 is 26.5. The van der Waals surface area contributed by atoms with Gasteiger partial charge in [0.25, 0.3) is 5.91 Å². The number of hydrogen-bond acceptors (Lipinski definition) is 2. The van der Waals surface area contributed by atoms with E-state index in [1.165, 1.54) is 6.07 Å². The zero-order chi connectivity index (χ0) is 12.8. The van der Waals surface area contributed by atoms with Crippen molar-refractivity contribution >= 4 is 5.91 Å². The Morgan fingerprint density at radius 3 is 2.53 bits per heavy atom. The van der Waals surface area contributed by atoms with Crippen molar-refractivity contribution in [1.29, 1.82) is 5.26 Å². The Balaban J connectivity index is 2.87. The predicted molar refractivity (Wildman–Crippen MR) is 58.1 cm³/mol. The minimum atomic E-state index is -0.935. The first kappa shape index (κ1) is 13.1. The van der Waals surface area contributed by atoms with Gasteiger partial charge in [0.2, 0.25) is 0 Å². The van der Waals surface area contributed by atoms with Gasteiger partial charge in [-0.1, -0.05) is 19.4 Å². The molecule has 0 radical (unpaired) electrons. The van der Waals surface area contributed by atoms with Gasteiger partial charge in [-0.2, -0.15) is 5.26 Å². The van der Waals surface area contributed by atoms with Crippen LogP contribution in [0.2, 0.25) is 0 Å². The minimum absolute atomic E-state index is 0.443. The summed E-state index contributed by atoms with van der Waals surface area (Å²) in [6.45, 7) is 1.85. The van der Waals surface area contributed by atoms with Crippen LogP contribution in [-0.4, -0.2) is 11.9 Å². The Bertz CT molecular complexity index is 434. The number of halogens is 2. The quantitative estimate of drug-likeness (QED) is 0.875. The molecule has 5 heteroatoms. The molecule has 17 heavy (non-hydrogen) atoms. The molecule has 0 bridgehead atoms. The summed E-state index contributed by atoms with van der Waals surface area (Å²) in [6, 6.07) is 4.31. The fourth-order valence-corrected chi connectivity index (χ4v) is 1.40. The van der Waals surface area contributed by atoms with E-state index in [1.54, 1.807) is 0 Å². The molecule has 0 aliphatic rings. The van der Waals surface area contributed by atoms with Crippen LogP contribution < -0.4 is 5.32 Å². The van der Waals surface area contributed by atoms with Crippen molar-refractivity contribution < 1.29 is 13.6 Å². The number of nitrogens with one attached hydrogen (secondary N) is 1. The monoisotopic (exact) mass is 238 g/mol. The van der Waals surface area contributed by atoms with Crippen LogP contribution in [0, 0.1) is 23.0 Å². The maximum atomic E-state index is 13.3. The third-order valence-corrected chi connectivity index (χ3v) is 2.23. The molecule has 1 unspecified atom stereocenters. The highest BCUT2D eigenvalue weighted by atomic mass is 19.1. The number of carbonyl (C=O) groups is 1. The zero-order valence-corrected chi connectivity index (χ0v) is 9.34. The lowest BCUT2D eigenvalue weighted by Crippen LogP contribution is -2.34. The number of nitriles is 1. The molecule has 0 spiro atoms. The average molecular weight is 238 g/mol. The third-order valence-electron chi connectivity index (χ3n) is 2.23. The van der Waals surface area contributed by atoms with Gasteiger partial charge < -0.3 is 5.32 Å². The molecular weight excluding hydrogens is 226 g/mol. The van der Waals surface area contributed by atoms with Crippen molar-refractivity contribution in [2.24, 2.45) is 0 Å². The van der Waals surface area contributed by atoms with Crippen LogP contribution in [-0.2, 0) is 0 Å². The second-order valence-electron chi connectivity index (χ2n) is 3.54. The lowest BCUT2D eigenvalue weighted by molar-refractivity contribution is 0.0935. The molecule has 0 saturated carbocycles. The van der Waals surface area contributed by atoms with Crippen LogP contribution in [0.5, 0.6) is 0 Å². The van der Waals surface area contributed by atoms with Gasteiger partial charge in [-0.3, -0.25) is 4.79 Å². The number of amides is 1. The van der Waals surface area contributed by atoms with Gasteiger partial charge in [-0.25, -0.2) is 8.78 Å². The van der Waals surface area contributed by atoms with E-state index in [0.717, 1.165) is 12.1 Å². The lowest BCUT2D eigenvalue weighted by atomic mass is 10.1. The SMILES string of the molecule is CCCC(C#N)NC(=O)c1c(F)cccc1F. The molecule has 0 fully saturated rings. The Hall–Kier alpha value is -1.96. The van der Waals surface area contributed by atoms with E-state index in [0.29, 0.717) is 12.8 Å². The third kappa shape index (κ3) is 3.25. The topological polar surface area (TPSA) is 52.9 Å². The van der Waals surface area contributed by atoms with Gasteiger partial charge in [-0.05, 0) is 18.6 Å². The zero-order valence-electron chi connectivity index (χ0n) is 9.34. The summed E-state index contributed by atoms with van der Waals surface area (Å²) in [4.78, 5) is 11.6. The number of benzene rings is 1. The van der Waals surface area contributed by atoms with Crippen molar-refractivity contribution in [2.45, 2.75) is 25.8 Å². The summed E-state index contributed by atoms with van der Waals surface area (Å²) in [5, 5.41) is 11.0. The summed E-state index contributed by atoms with van der Waals surface area (Å²) in [6.07, 6.45) is 1.14. The van der Waals surface area contributed by atoms with Crippen LogP contribution in [0.25, 0.3) is 0 Å². The molecule has 1 atom stereocenters. The van der Waals surface area contributed by atoms with Gasteiger partial charge in [0, 0.05) is 0 Å². The van der Waals surface area contributed by atoms with E-state index >= 15 is 0 Å². The molecule has 1 amide bonds. The highest BCUT2D eigenvalue weighted by molar-refractivity contribution is 5.95. The van der Waals surface area contributed by atoms with E-state index in [4.69, 9.17) is 5.26 Å². The molecule has 1 aromatic carbocycles. The summed E-state index contributed by atoms with van der Waals surface area (Å²) >= 11 is 0. The fraction of sp³-hybridized carbons (Fsp3) is 0.333. The normalized spacial score (nSPS) is 11.6. The van der Waals surface area contributed by atoms with Gasteiger partial charge in [0.15, 0.2) is 0 Å². The second kappa shape index (κ2) is 5.94. The van der Waals surface area contributed by atoms with Crippen molar-refractivity contribution in [2.75, 3.05) is 0 Å². The van der Waals surface area contributed by atoms with Crippen LogP contribution in [0.15, 0.2) is 18.2 Å². The van der Waals surface area contributed by atoms with Crippen molar-refractivity contribution in [3.05, 3.63) is 35.4 Å². The van der Waals surface area contributed by atoms with Gasteiger partial charge in [0.1, 0.15) is 23.2 Å². The van der Waals surface area contributed by atoms with Crippen molar-refractivity contribution in [3.63, 3.8) is 0 Å². The van der Waals surface area contributed by atoms with E-state index in [1.807, 2.05) is 13.0 Å². The largest absolute Gasteiger partial charge is 0.336 e. The predicted octanol–water partition coefficient (Wildman–Crippen LogP) is 2.39.